The molecule has 0 aliphatic rings. The maximum atomic E-state index is 13.6. The fourth-order valence-electron chi connectivity index (χ4n) is 2.78. The van der Waals surface area contributed by atoms with Gasteiger partial charge in [0.15, 0.2) is 10.6 Å². The molecule has 7 heteroatoms. The zero-order chi connectivity index (χ0) is 19.4. The average molecular weight is 384 g/mol. The van der Waals surface area contributed by atoms with E-state index in [4.69, 9.17) is 12.2 Å². The van der Waals surface area contributed by atoms with E-state index in [0.29, 0.717) is 22.7 Å². The summed E-state index contributed by atoms with van der Waals surface area (Å²) >= 11 is 5.30. The fourth-order valence-corrected chi connectivity index (χ4v) is 3.00. The van der Waals surface area contributed by atoms with Crippen LogP contribution in [0.5, 0.6) is 0 Å². The highest BCUT2D eigenvalue weighted by molar-refractivity contribution is 7.71. The van der Waals surface area contributed by atoms with Crippen LogP contribution in [0.15, 0.2) is 42.5 Å². The Labute approximate surface area is 162 Å². The second-order valence-electron chi connectivity index (χ2n) is 6.48. The van der Waals surface area contributed by atoms with E-state index in [9.17, 15) is 9.18 Å². The van der Waals surface area contributed by atoms with Gasteiger partial charge in [0.1, 0.15) is 5.82 Å². The zero-order valence-electron chi connectivity index (χ0n) is 15.3. The van der Waals surface area contributed by atoms with Crippen LogP contribution in [-0.2, 0) is 17.9 Å². The van der Waals surface area contributed by atoms with E-state index in [1.54, 1.807) is 19.1 Å². The topological polar surface area (TPSA) is 62.7 Å². The van der Waals surface area contributed by atoms with E-state index in [1.165, 1.54) is 6.07 Å². The van der Waals surface area contributed by atoms with Crippen LogP contribution in [0.4, 0.5) is 4.39 Å². The van der Waals surface area contributed by atoms with Crippen molar-refractivity contribution >= 4 is 18.1 Å². The summed E-state index contributed by atoms with van der Waals surface area (Å²) in [4.78, 5) is 12.2. The molecule has 27 heavy (non-hydrogen) atoms. The molecule has 0 radical (unpaired) electrons. The number of rotatable bonds is 6. The van der Waals surface area contributed by atoms with Gasteiger partial charge in [0, 0.05) is 25.1 Å². The number of hydrogen-bond donors (Lipinski definition) is 2. The van der Waals surface area contributed by atoms with Gasteiger partial charge >= 0.3 is 0 Å². The highest BCUT2D eigenvalue weighted by Crippen LogP contribution is 2.18. The monoisotopic (exact) mass is 384 g/mol. The molecule has 0 bridgehead atoms. The van der Waals surface area contributed by atoms with Gasteiger partial charge in [-0.1, -0.05) is 35.9 Å². The van der Waals surface area contributed by atoms with E-state index in [2.05, 4.69) is 15.5 Å². The number of aromatic amines is 1. The molecule has 0 spiro atoms. The molecule has 0 saturated heterocycles. The van der Waals surface area contributed by atoms with Gasteiger partial charge in [0.2, 0.25) is 5.91 Å². The molecule has 2 N–H and O–H groups in total. The third-order valence-corrected chi connectivity index (χ3v) is 4.63. The molecule has 5 nitrogen and oxygen atoms in total. The van der Waals surface area contributed by atoms with E-state index in [0.717, 1.165) is 16.7 Å². The molecule has 0 unspecified atom stereocenters. The Balaban J connectivity index is 1.63. The lowest BCUT2D eigenvalue weighted by Crippen LogP contribution is -2.24. The summed E-state index contributed by atoms with van der Waals surface area (Å²) in [6, 6.07) is 12.9. The van der Waals surface area contributed by atoms with Gasteiger partial charge in [0.05, 0.1) is 0 Å². The first-order valence-electron chi connectivity index (χ1n) is 8.68. The number of aryl methyl sites for hydroxylation is 2. The van der Waals surface area contributed by atoms with E-state index < -0.39 is 0 Å². The molecule has 0 aliphatic carbocycles. The molecule has 0 fully saturated rings. The molecule has 2 aromatic carbocycles. The first-order valence-corrected chi connectivity index (χ1v) is 9.09. The molecule has 0 atom stereocenters. The summed E-state index contributed by atoms with van der Waals surface area (Å²) < 4.78 is 15.9. The van der Waals surface area contributed by atoms with Crippen molar-refractivity contribution in [2.75, 3.05) is 0 Å². The van der Waals surface area contributed by atoms with Crippen molar-refractivity contribution in [3.8, 4) is 11.4 Å². The van der Waals surface area contributed by atoms with Crippen LogP contribution in [0.3, 0.4) is 0 Å². The Morgan fingerprint density at radius 3 is 2.81 bits per heavy atom. The first kappa shape index (κ1) is 19.0. The van der Waals surface area contributed by atoms with E-state index >= 15 is 0 Å². The summed E-state index contributed by atoms with van der Waals surface area (Å²) in [5.74, 6) is 0.306. The lowest BCUT2D eigenvalue weighted by atomic mass is 10.1. The number of halogens is 1. The number of carbonyl (C=O) groups is 1. The minimum atomic E-state index is -0.269. The fraction of sp³-hybridized carbons (Fsp3) is 0.250. The predicted octanol–water partition coefficient (Wildman–Crippen LogP) is 4.07. The normalized spacial score (nSPS) is 10.8. The zero-order valence-corrected chi connectivity index (χ0v) is 16.1. The number of benzene rings is 2. The Morgan fingerprint density at radius 2 is 2.07 bits per heavy atom. The summed E-state index contributed by atoms with van der Waals surface area (Å²) in [5.41, 5.74) is 3.38. The molecule has 1 heterocycles. The Kier molecular flexibility index (Phi) is 5.81. The third kappa shape index (κ3) is 4.68. The lowest BCUT2D eigenvalue weighted by molar-refractivity contribution is -0.121. The van der Waals surface area contributed by atoms with Crippen LogP contribution in [0.25, 0.3) is 11.4 Å². The second-order valence-corrected chi connectivity index (χ2v) is 6.87. The van der Waals surface area contributed by atoms with Gasteiger partial charge in [-0.3, -0.25) is 14.5 Å². The predicted molar refractivity (Wildman–Crippen MR) is 105 cm³/mol. The molecule has 3 rings (SSSR count). The van der Waals surface area contributed by atoms with Gasteiger partial charge < -0.3 is 5.32 Å². The molecule has 1 aromatic heterocycles. The summed E-state index contributed by atoms with van der Waals surface area (Å²) in [6.07, 6.45) is 0.251. The van der Waals surface area contributed by atoms with Crippen LogP contribution >= 0.6 is 12.2 Å². The lowest BCUT2D eigenvalue weighted by Gasteiger charge is -2.09. The van der Waals surface area contributed by atoms with Crippen molar-refractivity contribution in [2.45, 2.75) is 33.4 Å². The highest BCUT2D eigenvalue weighted by Gasteiger charge is 2.11. The number of hydrogen-bond acceptors (Lipinski definition) is 3. The molecular weight excluding hydrogens is 363 g/mol. The van der Waals surface area contributed by atoms with Gasteiger partial charge in [0.25, 0.3) is 0 Å². The van der Waals surface area contributed by atoms with Crippen LogP contribution in [0.1, 0.15) is 23.1 Å². The van der Waals surface area contributed by atoms with Crippen molar-refractivity contribution in [1.82, 2.24) is 20.1 Å². The molecule has 140 valence electrons. The second kappa shape index (κ2) is 8.26. The highest BCUT2D eigenvalue weighted by atomic mass is 32.1. The van der Waals surface area contributed by atoms with Crippen molar-refractivity contribution in [1.29, 1.82) is 0 Å². The number of nitrogens with zero attached hydrogens (tertiary/aromatic N) is 2. The van der Waals surface area contributed by atoms with Crippen LogP contribution in [0, 0.1) is 24.4 Å². The number of aromatic nitrogens is 3. The van der Waals surface area contributed by atoms with Crippen molar-refractivity contribution in [3.63, 3.8) is 0 Å². The van der Waals surface area contributed by atoms with E-state index in [1.807, 2.05) is 35.8 Å². The third-order valence-electron chi connectivity index (χ3n) is 4.32. The van der Waals surface area contributed by atoms with Crippen molar-refractivity contribution in [2.24, 2.45) is 0 Å². The standard InChI is InChI=1S/C20H21FN4OS/c1-13-4-3-5-16(10-13)19-23-24-20(27)25(19)9-8-18(26)22-12-15-7-6-14(2)17(21)11-15/h3-7,10-11H,8-9,12H2,1-2H3,(H,22,26)(H,24,27). The minimum Gasteiger partial charge on any atom is -0.352 e. The molecule has 0 aliphatic heterocycles. The maximum Gasteiger partial charge on any atom is 0.222 e. The number of carbonyl (C=O) groups excluding carboxylic acids is 1. The van der Waals surface area contributed by atoms with Crippen LogP contribution in [-0.4, -0.2) is 20.7 Å². The molecule has 3 aromatic rings. The quantitative estimate of drug-likeness (QED) is 0.630. The smallest absolute Gasteiger partial charge is 0.222 e. The number of H-pyrrole nitrogens is 1. The number of nitrogens with one attached hydrogen (secondary N) is 2. The largest absolute Gasteiger partial charge is 0.352 e. The van der Waals surface area contributed by atoms with E-state index in [-0.39, 0.29) is 24.7 Å². The Bertz CT molecular complexity index is 1020. The van der Waals surface area contributed by atoms with Crippen molar-refractivity contribution < 1.29 is 9.18 Å². The molecule has 1 amide bonds. The van der Waals surface area contributed by atoms with Gasteiger partial charge in [-0.2, -0.15) is 5.10 Å². The van der Waals surface area contributed by atoms with Crippen molar-refractivity contribution in [3.05, 3.63) is 69.7 Å². The summed E-state index contributed by atoms with van der Waals surface area (Å²) in [5, 5.41) is 9.89. The first-order chi connectivity index (χ1) is 12.9. The SMILES string of the molecule is Cc1cccc(-c2n[nH]c(=S)n2CCC(=O)NCc2ccc(C)c(F)c2)c1. The average Bonchev–Trinajstić information content (AvgIpc) is 3.01. The van der Waals surface area contributed by atoms with Gasteiger partial charge in [-0.15, -0.1) is 0 Å². The summed E-state index contributed by atoms with van der Waals surface area (Å²) in [6.45, 7) is 4.42. The Morgan fingerprint density at radius 1 is 1.26 bits per heavy atom. The maximum absolute atomic E-state index is 13.6. The summed E-state index contributed by atoms with van der Waals surface area (Å²) in [7, 11) is 0. The van der Waals surface area contributed by atoms with Crippen LogP contribution < -0.4 is 5.32 Å². The minimum absolute atomic E-state index is 0.130. The molecule has 0 saturated carbocycles. The van der Waals surface area contributed by atoms with Gasteiger partial charge in [-0.25, -0.2) is 4.39 Å². The Hall–Kier alpha value is -2.80. The van der Waals surface area contributed by atoms with Gasteiger partial charge in [-0.05, 0) is 49.3 Å². The number of amides is 1. The molecular formula is C20H21FN4OS. The van der Waals surface area contributed by atoms with Crippen LogP contribution in [0.2, 0.25) is 0 Å².